The van der Waals surface area contributed by atoms with Gasteiger partial charge in [-0.15, -0.1) is 0 Å². The van der Waals surface area contributed by atoms with Crippen LogP contribution in [0.2, 0.25) is 0 Å². The van der Waals surface area contributed by atoms with Gasteiger partial charge in [0, 0.05) is 24.6 Å². The Morgan fingerprint density at radius 3 is 2.29 bits per heavy atom. The van der Waals surface area contributed by atoms with Crippen LogP contribution in [0.4, 0.5) is 0 Å². The Labute approximate surface area is 105 Å². The van der Waals surface area contributed by atoms with E-state index < -0.39 is 0 Å². The number of hydrogen-bond acceptors (Lipinski definition) is 2. The lowest BCUT2D eigenvalue weighted by atomic mass is 9.69. The molecule has 0 aromatic carbocycles. The molecule has 3 aliphatic carbocycles. The van der Waals surface area contributed by atoms with Crippen molar-refractivity contribution >= 4 is 0 Å². The summed E-state index contributed by atoms with van der Waals surface area (Å²) in [5.74, 6) is 0.911. The Morgan fingerprint density at radius 2 is 1.88 bits per heavy atom. The van der Waals surface area contributed by atoms with Crippen LogP contribution in [0.25, 0.3) is 0 Å². The molecule has 2 heteroatoms. The third kappa shape index (κ3) is 1.53. The molecule has 0 amide bonds. The second-order valence-electron chi connectivity index (χ2n) is 7.70. The predicted octanol–water partition coefficient (Wildman–Crippen LogP) is 2.56. The lowest BCUT2D eigenvalue weighted by Gasteiger charge is -2.40. The van der Waals surface area contributed by atoms with Gasteiger partial charge >= 0.3 is 0 Å². The Bertz CT molecular complexity index is 321. The second-order valence-corrected chi connectivity index (χ2v) is 7.70. The van der Waals surface area contributed by atoms with E-state index in [4.69, 9.17) is 0 Å². The van der Waals surface area contributed by atoms with E-state index in [1.165, 1.54) is 32.1 Å². The molecule has 0 aromatic rings. The number of fused-ring (bicyclic) bond motifs is 2. The van der Waals surface area contributed by atoms with Gasteiger partial charge in [-0.2, -0.15) is 0 Å². The molecule has 3 fully saturated rings. The second kappa shape index (κ2) is 3.48. The maximum absolute atomic E-state index is 9.39. The first-order valence-electron chi connectivity index (χ1n) is 7.28. The highest BCUT2D eigenvalue weighted by molar-refractivity contribution is 5.13. The van der Waals surface area contributed by atoms with Gasteiger partial charge in [-0.1, -0.05) is 20.8 Å². The highest BCUT2D eigenvalue weighted by atomic mass is 16.3. The Hall–Kier alpha value is -0.0800. The largest absolute Gasteiger partial charge is 0.396 e. The molecule has 0 saturated heterocycles. The SMILES string of the molecule is CC1(C)C2CCC1(C)C(NCC1(CO)CC1)C2. The lowest BCUT2D eigenvalue weighted by molar-refractivity contribution is 0.113. The zero-order chi connectivity index (χ0) is 12.3. The number of hydrogen-bond donors (Lipinski definition) is 2. The molecule has 17 heavy (non-hydrogen) atoms. The summed E-state index contributed by atoms with van der Waals surface area (Å²) in [6, 6.07) is 0.681. The molecule has 0 heterocycles. The zero-order valence-corrected chi connectivity index (χ0v) is 11.6. The van der Waals surface area contributed by atoms with E-state index >= 15 is 0 Å². The summed E-state index contributed by atoms with van der Waals surface area (Å²) < 4.78 is 0. The standard InChI is InChI=1S/C15H27NO/c1-13(2)11-4-5-14(13,3)12(8-11)16-9-15(10-17)6-7-15/h11-12,16-17H,4-10H2,1-3H3. The molecule has 3 saturated carbocycles. The summed E-state index contributed by atoms with van der Waals surface area (Å²) in [6.45, 7) is 8.82. The molecule has 2 nitrogen and oxygen atoms in total. The summed E-state index contributed by atoms with van der Waals surface area (Å²) >= 11 is 0. The van der Waals surface area contributed by atoms with E-state index in [-0.39, 0.29) is 5.41 Å². The number of aliphatic hydroxyl groups is 1. The monoisotopic (exact) mass is 237 g/mol. The maximum atomic E-state index is 9.39. The van der Waals surface area contributed by atoms with Crippen molar-refractivity contribution in [1.82, 2.24) is 5.32 Å². The average molecular weight is 237 g/mol. The topological polar surface area (TPSA) is 32.3 Å². The molecule has 3 aliphatic rings. The highest BCUT2D eigenvalue weighted by Crippen LogP contribution is 2.65. The quantitative estimate of drug-likeness (QED) is 0.787. The highest BCUT2D eigenvalue weighted by Gasteiger charge is 2.61. The van der Waals surface area contributed by atoms with Crippen molar-refractivity contribution in [1.29, 1.82) is 0 Å². The summed E-state index contributed by atoms with van der Waals surface area (Å²) in [5, 5.41) is 13.2. The molecule has 3 unspecified atom stereocenters. The van der Waals surface area contributed by atoms with Crippen molar-refractivity contribution in [3.63, 3.8) is 0 Å². The Balaban J connectivity index is 1.66. The van der Waals surface area contributed by atoms with Crippen LogP contribution in [-0.4, -0.2) is 24.3 Å². The first-order valence-corrected chi connectivity index (χ1v) is 7.28. The van der Waals surface area contributed by atoms with Crippen LogP contribution in [0, 0.1) is 22.2 Å². The van der Waals surface area contributed by atoms with Gasteiger partial charge in [0.25, 0.3) is 0 Å². The van der Waals surface area contributed by atoms with Crippen LogP contribution in [-0.2, 0) is 0 Å². The summed E-state index contributed by atoms with van der Waals surface area (Å²) in [7, 11) is 0. The minimum atomic E-state index is 0.252. The van der Waals surface area contributed by atoms with Gasteiger partial charge in [0.2, 0.25) is 0 Å². The Kier molecular flexibility index (Phi) is 2.45. The van der Waals surface area contributed by atoms with Crippen molar-refractivity contribution in [2.75, 3.05) is 13.2 Å². The van der Waals surface area contributed by atoms with Gasteiger partial charge in [0.15, 0.2) is 0 Å². The van der Waals surface area contributed by atoms with Gasteiger partial charge in [0.1, 0.15) is 0 Å². The molecule has 0 radical (unpaired) electrons. The van der Waals surface area contributed by atoms with Gasteiger partial charge < -0.3 is 10.4 Å². The lowest BCUT2D eigenvalue weighted by Crippen LogP contribution is -2.46. The molecular weight excluding hydrogens is 210 g/mol. The van der Waals surface area contributed by atoms with Crippen molar-refractivity contribution in [2.45, 2.75) is 58.9 Å². The van der Waals surface area contributed by atoms with Crippen molar-refractivity contribution in [2.24, 2.45) is 22.2 Å². The molecule has 2 bridgehead atoms. The maximum Gasteiger partial charge on any atom is 0.0499 e. The van der Waals surface area contributed by atoms with Crippen LogP contribution in [0.3, 0.4) is 0 Å². The first kappa shape index (κ1) is 12.0. The fourth-order valence-electron chi connectivity index (χ4n) is 4.42. The summed E-state index contributed by atoms with van der Waals surface area (Å²) in [6.07, 6.45) is 6.59. The van der Waals surface area contributed by atoms with E-state index in [2.05, 4.69) is 26.1 Å². The molecule has 3 atom stereocenters. The minimum Gasteiger partial charge on any atom is -0.396 e. The number of aliphatic hydroxyl groups excluding tert-OH is 1. The van der Waals surface area contributed by atoms with Crippen LogP contribution in [0.15, 0.2) is 0 Å². The molecule has 3 rings (SSSR count). The van der Waals surface area contributed by atoms with Gasteiger partial charge in [-0.25, -0.2) is 0 Å². The van der Waals surface area contributed by atoms with Crippen LogP contribution >= 0.6 is 0 Å². The molecule has 98 valence electrons. The fourth-order valence-corrected chi connectivity index (χ4v) is 4.42. The zero-order valence-electron chi connectivity index (χ0n) is 11.6. The molecule has 0 spiro atoms. The van der Waals surface area contributed by atoms with Gasteiger partial charge in [-0.3, -0.25) is 0 Å². The van der Waals surface area contributed by atoms with Crippen LogP contribution in [0.5, 0.6) is 0 Å². The number of nitrogens with one attached hydrogen (secondary N) is 1. The molecule has 0 aromatic heterocycles. The third-order valence-electron chi connectivity index (χ3n) is 6.81. The molecule has 2 N–H and O–H groups in total. The molecule has 0 aliphatic heterocycles. The summed E-state index contributed by atoms with van der Waals surface area (Å²) in [5.41, 5.74) is 1.23. The van der Waals surface area contributed by atoms with E-state index in [1.807, 2.05) is 0 Å². The van der Waals surface area contributed by atoms with E-state index in [1.54, 1.807) is 0 Å². The first-order chi connectivity index (χ1) is 7.94. The fraction of sp³-hybridized carbons (Fsp3) is 1.00. The predicted molar refractivity (Wildman–Crippen MR) is 69.8 cm³/mol. The smallest absolute Gasteiger partial charge is 0.0499 e. The van der Waals surface area contributed by atoms with Crippen LogP contribution in [0.1, 0.15) is 52.9 Å². The number of rotatable bonds is 4. The van der Waals surface area contributed by atoms with E-state index in [9.17, 15) is 5.11 Å². The van der Waals surface area contributed by atoms with Gasteiger partial charge in [-0.05, 0) is 48.9 Å². The Morgan fingerprint density at radius 1 is 1.18 bits per heavy atom. The van der Waals surface area contributed by atoms with Gasteiger partial charge in [0.05, 0.1) is 0 Å². The van der Waals surface area contributed by atoms with Crippen LogP contribution < -0.4 is 5.32 Å². The van der Waals surface area contributed by atoms with E-state index in [0.717, 1.165) is 12.5 Å². The van der Waals surface area contributed by atoms with Crippen molar-refractivity contribution < 1.29 is 5.11 Å². The third-order valence-corrected chi connectivity index (χ3v) is 6.81. The molecular formula is C15H27NO. The van der Waals surface area contributed by atoms with Crippen molar-refractivity contribution in [3.05, 3.63) is 0 Å². The summed E-state index contributed by atoms with van der Waals surface area (Å²) in [4.78, 5) is 0. The van der Waals surface area contributed by atoms with Crippen molar-refractivity contribution in [3.8, 4) is 0 Å². The minimum absolute atomic E-state index is 0.252. The normalized spacial score (nSPS) is 45.2. The van der Waals surface area contributed by atoms with E-state index in [0.29, 0.717) is 23.5 Å². The average Bonchev–Trinajstić information content (AvgIpc) is 3.00.